The van der Waals surface area contributed by atoms with Gasteiger partial charge in [-0.2, -0.15) is 0 Å². The largest absolute Gasteiger partial charge is 0.381 e. The second kappa shape index (κ2) is 2.26. The van der Waals surface area contributed by atoms with Crippen LogP contribution in [0.25, 0.3) is 0 Å². The number of hydrogen-bond acceptors (Lipinski definition) is 2. The summed E-state index contributed by atoms with van der Waals surface area (Å²) < 4.78 is 0. The van der Waals surface area contributed by atoms with Crippen molar-refractivity contribution in [2.45, 2.75) is 13.3 Å². The predicted molar refractivity (Wildman–Crippen MR) is 34.0 cm³/mol. The first-order valence-corrected chi connectivity index (χ1v) is 3.47. The van der Waals surface area contributed by atoms with E-state index < -0.39 is 0 Å². The topological polar surface area (TPSA) is 12.0 Å². The normalized spacial score (nSPS) is 18.7. The lowest BCUT2D eigenvalue weighted by molar-refractivity contribution is 1.06. The molecule has 0 radical (unpaired) electrons. The van der Waals surface area contributed by atoms with Crippen molar-refractivity contribution in [3.63, 3.8) is 0 Å². The molecule has 1 rings (SSSR count). The van der Waals surface area contributed by atoms with Crippen LogP contribution >= 0.6 is 11.8 Å². The van der Waals surface area contributed by atoms with E-state index in [1.807, 2.05) is 11.8 Å². The number of allylic oxidation sites excluding steroid dienone is 1. The van der Waals surface area contributed by atoms with Crippen molar-refractivity contribution in [3.8, 4) is 0 Å². The van der Waals surface area contributed by atoms with Crippen molar-refractivity contribution in [1.29, 1.82) is 0 Å². The van der Waals surface area contributed by atoms with Crippen molar-refractivity contribution in [2.75, 3.05) is 5.88 Å². The molecule has 0 aliphatic carbocycles. The summed E-state index contributed by atoms with van der Waals surface area (Å²) in [6.45, 7) is 2.17. The van der Waals surface area contributed by atoms with Crippen LogP contribution in [-0.4, -0.2) is 5.88 Å². The maximum atomic E-state index is 3.12. The highest BCUT2D eigenvalue weighted by Gasteiger charge is 1.98. The molecule has 2 heteroatoms. The molecular formula is C5H9NS. The van der Waals surface area contributed by atoms with Crippen LogP contribution in [0.1, 0.15) is 13.3 Å². The molecule has 1 heterocycles. The van der Waals surface area contributed by atoms with Gasteiger partial charge in [0.15, 0.2) is 0 Å². The van der Waals surface area contributed by atoms with Gasteiger partial charge in [0.1, 0.15) is 0 Å². The Hall–Kier alpha value is -0.110. The predicted octanol–water partition coefficient (Wildman–Crippen LogP) is 1.53. The minimum Gasteiger partial charge on any atom is -0.381 e. The molecule has 7 heavy (non-hydrogen) atoms. The van der Waals surface area contributed by atoms with Crippen LogP contribution in [0.3, 0.4) is 0 Å². The van der Waals surface area contributed by atoms with Crippen LogP contribution in [0.2, 0.25) is 0 Å². The van der Waals surface area contributed by atoms with E-state index in [1.165, 1.54) is 11.3 Å². The first-order chi connectivity index (χ1) is 3.43. The SMILES string of the molecule is CCC1=CNCS1. The Kier molecular flexibility index (Phi) is 1.63. The zero-order valence-corrected chi connectivity index (χ0v) is 5.22. The van der Waals surface area contributed by atoms with Crippen LogP contribution in [0.15, 0.2) is 11.1 Å². The number of nitrogens with one attached hydrogen (secondary N) is 1. The van der Waals surface area contributed by atoms with E-state index >= 15 is 0 Å². The summed E-state index contributed by atoms with van der Waals surface area (Å²) in [4.78, 5) is 1.47. The lowest BCUT2D eigenvalue weighted by Crippen LogP contribution is -1.93. The Balaban J connectivity index is 2.36. The van der Waals surface area contributed by atoms with Gasteiger partial charge in [-0.05, 0) is 6.42 Å². The van der Waals surface area contributed by atoms with Gasteiger partial charge in [-0.1, -0.05) is 6.92 Å². The smallest absolute Gasteiger partial charge is 0.0649 e. The molecule has 0 spiro atoms. The second-order valence-corrected chi connectivity index (χ2v) is 2.56. The maximum absolute atomic E-state index is 3.12. The maximum Gasteiger partial charge on any atom is 0.0649 e. The van der Waals surface area contributed by atoms with Gasteiger partial charge in [-0.3, -0.25) is 0 Å². The number of hydrogen-bond donors (Lipinski definition) is 1. The molecule has 1 aliphatic heterocycles. The molecule has 1 aliphatic rings. The molecule has 1 N–H and O–H groups in total. The van der Waals surface area contributed by atoms with Crippen LogP contribution in [0, 0.1) is 0 Å². The molecule has 0 fully saturated rings. The van der Waals surface area contributed by atoms with Crippen molar-refractivity contribution >= 4 is 11.8 Å². The van der Waals surface area contributed by atoms with Gasteiger partial charge in [0.2, 0.25) is 0 Å². The van der Waals surface area contributed by atoms with Gasteiger partial charge in [0.25, 0.3) is 0 Å². The summed E-state index contributed by atoms with van der Waals surface area (Å²) >= 11 is 1.89. The average Bonchev–Trinajstić information content (AvgIpc) is 2.14. The standard InChI is InChI=1S/C5H9NS/c1-2-5-3-6-4-7-5/h3,6H,2,4H2,1H3. The van der Waals surface area contributed by atoms with Gasteiger partial charge < -0.3 is 5.32 Å². The molecule has 0 aromatic rings. The minimum atomic E-state index is 1.07. The first kappa shape index (κ1) is 5.04. The van der Waals surface area contributed by atoms with E-state index in [9.17, 15) is 0 Å². The molecule has 40 valence electrons. The van der Waals surface area contributed by atoms with Gasteiger partial charge in [-0.15, -0.1) is 11.8 Å². The molecule has 0 saturated heterocycles. The summed E-state index contributed by atoms with van der Waals surface area (Å²) in [6.07, 6.45) is 3.27. The molecule has 0 aromatic carbocycles. The zero-order chi connectivity index (χ0) is 5.11. The fraction of sp³-hybridized carbons (Fsp3) is 0.600. The second-order valence-electron chi connectivity index (χ2n) is 1.46. The van der Waals surface area contributed by atoms with E-state index in [0.29, 0.717) is 0 Å². The van der Waals surface area contributed by atoms with Crippen LogP contribution in [0.4, 0.5) is 0 Å². The van der Waals surface area contributed by atoms with Crippen molar-refractivity contribution in [2.24, 2.45) is 0 Å². The van der Waals surface area contributed by atoms with Gasteiger partial charge in [0, 0.05) is 11.1 Å². The quantitative estimate of drug-likeness (QED) is 0.556. The van der Waals surface area contributed by atoms with Gasteiger partial charge in [-0.25, -0.2) is 0 Å². The van der Waals surface area contributed by atoms with E-state index in [1.54, 1.807) is 0 Å². The fourth-order valence-electron chi connectivity index (χ4n) is 0.536. The molecule has 0 unspecified atom stereocenters. The van der Waals surface area contributed by atoms with Crippen LogP contribution in [-0.2, 0) is 0 Å². The summed E-state index contributed by atoms with van der Waals surface area (Å²) in [6, 6.07) is 0. The van der Waals surface area contributed by atoms with Crippen molar-refractivity contribution in [3.05, 3.63) is 11.1 Å². The third-order valence-electron chi connectivity index (χ3n) is 0.952. The lowest BCUT2D eigenvalue weighted by atomic mass is 10.5. The third kappa shape index (κ3) is 1.13. The third-order valence-corrected chi connectivity index (χ3v) is 2.04. The molecule has 0 saturated carbocycles. The Morgan fingerprint density at radius 1 is 2.00 bits per heavy atom. The van der Waals surface area contributed by atoms with E-state index in [-0.39, 0.29) is 0 Å². The lowest BCUT2D eigenvalue weighted by Gasteiger charge is -1.86. The van der Waals surface area contributed by atoms with E-state index in [2.05, 4.69) is 18.4 Å². The van der Waals surface area contributed by atoms with Crippen LogP contribution < -0.4 is 5.32 Å². The molecule has 0 amide bonds. The minimum absolute atomic E-state index is 1.07. The average molecular weight is 115 g/mol. The molecule has 1 nitrogen and oxygen atoms in total. The molecule has 0 bridgehead atoms. The van der Waals surface area contributed by atoms with Gasteiger partial charge in [0.05, 0.1) is 5.88 Å². The number of thioether (sulfide) groups is 1. The van der Waals surface area contributed by atoms with E-state index in [0.717, 1.165) is 5.88 Å². The summed E-state index contributed by atoms with van der Waals surface area (Å²) in [5.74, 6) is 1.07. The summed E-state index contributed by atoms with van der Waals surface area (Å²) in [5, 5.41) is 3.12. The fourth-order valence-corrected chi connectivity index (χ4v) is 1.26. The Labute approximate surface area is 48.2 Å². The highest BCUT2D eigenvalue weighted by Crippen LogP contribution is 2.20. The Morgan fingerprint density at radius 3 is 3.14 bits per heavy atom. The highest BCUT2D eigenvalue weighted by atomic mass is 32.2. The van der Waals surface area contributed by atoms with Crippen LogP contribution in [0.5, 0.6) is 0 Å². The van der Waals surface area contributed by atoms with Crippen molar-refractivity contribution < 1.29 is 0 Å². The number of rotatable bonds is 1. The van der Waals surface area contributed by atoms with E-state index in [4.69, 9.17) is 0 Å². The summed E-state index contributed by atoms with van der Waals surface area (Å²) in [5.41, 5.74) is 0. The molecular weight excluding hydrogens is 106 g/mol. The Bertz CT molecular complexity index is 88.1. The summed E-state index contributed by atoms with van der Waals surface area (Å²) in [7, 11) is 0. The van der Waals surface area contributed by atoms with Crippen molar-refractivity contribution in [1.82, 2.24) is 5.32 Å². The Morgan fingerprint density at radius 2 is 2.86 bits per heavy atom. The molecule has 0 atom stereocenters. The monoisotopic (exact) mass is 115 g/mol. The first-order valence-electron chi connectivity index (χ1n) is 2.48. The molecule has 0 aromatic heterocycles. The van der Waals surface area contributed by atoms with Gasteiger partial charge >= 0.3 is 0 Å². The zero-order valence-electron chi connectivity index (χ0n) is 4.40. The highest BCUT2D eigenvalue weighted by molar-refractivity contribution is 8.03.